The van der Waals surface area contributed by atoms with Gasteiger partial charge in [0.25, 0.3) is 10.1 Å². The Morgan fingerprint density at radius 1 is 1.05 bits per heavy atom. The predicted octanol–water partition coefficient (Wildman–Crippen LogP) is 3.58. The topological polar surface area (TPSA) is 74.6 Å². The molecule has 0 aromatic heterocycles. The summed E-state index contributed by atoms with van der Waals surface area (Å²) in [5, 5.41) is 8.49. The number of rotatable bonds is 7. The van der Waals surface area contributed by atoms with E-state index in [1.165, 1.54) is 50.7 Å². The minimum Gasteiger partial charge on any atom is -0.396 e. The van der Waals surface area contributed by atoms with Crippen LogP contribution >= 0.6 is 0 Å². The first-order valence-electron chi connectivity index (χ1n) is 7.58. The molecule has 0 spiro atoms. The molecular weight excluding hydrogens is 288 g/mol. The summed E-state index contributed by atoms with van der Waals surface area (Å²) in [6, 6.07) is 5.99. The van der Waals surface area contributed by atoms with E-state index in [2.05, 4.69) is 0 Å². The van der Waals surface area contributed by atoms with E-state index < -0.39 is 10.1 Å². The molecule has 0 amide bonds. The summed E-state index contributed by atoms with van der Waals surface area (Å²) in [6.07, 6.45) is 9.38. The number of hydrogen-bond acceptors (Lipinski definition) is 3. The molecule has 1 aliphatic carbocycles. The molecule has 120 valence electrons. The van der Waals surface area contributed by atoms with Crippen molar-refractivity contribution in [2.24, 2.45) is 5.92 Å². The lowest BCUT2D eigenvalue weighted by Gasteiger charge is -1.96. The molecule has 0 radical (unpaired) electrons. The summed E-state index contributed by atoms with van der Waals surface area (Å²) in [5.41, 5.74) is 0.956. The lowest BCUT2D eigenvalue weighted by Crippen LogP contribution is -1.96. The van der Waals surface area contributed by atoms with E-state index in [0.717, 1.165) is 17.9 Å². The zero-order valence-corrected chi connectivity index (χ0v) is 13.5. The van der Waals surface area contributed by atoms with Gasteiger partial charge in [-0.05, 0) is 31.4 Å². The van der Waals surface area contributed by atoms with Crippen LogP contribution in [0.3, 0.4) is 0 Å². The van der Waals surface area contributed by atoms with Crippen LogP contribution in [0.25, 0.3) is 0 Å². The van der Waals surface area contributed by atoms with Gasteiger partial charge in [0.2, 0.25) is 0 Å². The Balaban J connectivity index is 0.000000211. The third kappa shape index (κ3) is 8.86. The van der Waals surface area contributed by atoms with Gasteiger partial charge in [0.05, 0.1) is 4.90 Å². The standard InChI is InChI=1S/C9H18O.C7H8O3S/c10-8-4-2-1-3-5-9-6-7-9;1-6-2-4-7(5-3-6)11(8,9)10/h9-10H,1-8H2;2-5H,1H3,(H,8,9,10). The fourth-order valence-electron chi connectivity index (χ4n) is 2.02. The van der Waals surface area contributed by atoms with Gasteiger partial charge in [-0.25, -0.2) is 0 Å². The van der Waals surface area contributed by atoms with E-state index >= 15 is 0 Å². The lowest BCUT2D eigenvalue weighted by atomic mass is 10.1. The Morgan fingerprint density at radius 2 is 1.62 bits per heavy atom. The molecule has 0 atom stereocenters. The van der Waals surface area contributed by atoms with Crippen LogP contribution < -0.4 is 0 Å². The molecule has 5 heteroatoms. The smallest absolute Gasteiger partial charge is 0.294 e. The first-order valence-corrected chi connectivity index (χ1v) is 9.02. The third-order valence-corrected chi connectivity index (χ3v) is 4.40. The zero-order chi connectivity index (χ0) is 15.7. The largest absolute Gasteiger partial charge is 0.396 e. The van der Waals surface area contributed by atoms with Crippen molar-refractivity contribution in [2.75, 3.05) is 6.61 Å². The maximum absolute atomic E-state index is 10.5. The molecule has 1 fully saturated rings. The van der Waals surface area contributed by atoms with Crippen LogP contribution in [0.4, 0.5) is 0 Å². The van der Waals surface area contributed by atoms with Crippen molar-refractivity contribution in [3.8, 4) is 0 Å². The van der Waals surface area contributed by atoms with Crippen molar-refractivity contribution < 1.29 is 18.1 Å². The Bertz CT molecular complexity index is 490. The van der Waals surface area contributed by atoms with Crippen LogP contribution in [0.15, 0.2) is 29.2 Å². The molecule has 1 aromatic rings. The fourth-order valence-corrected chi connectivity index (χ4v) is 2.50. The van der Waals surface area contributed by atoms with Crippen LogP contribution in [0.1, 0.15) is 50.5 Å². The van der Waals surface area contributed by atoms with Crippen LogP contribution in [0.2, 0.25) is 0 Å². The van der Waals surface area contributed by atoms with Crippen LogP contribution in [0.5, 0.6) is 0 Å². The number of hydrogen-bond donors (Lipinski definition) is 2. The van der Waals surface area contributed by atoms with Crippen LogP contribution in [-0.2, 0) is 10.1 Å². The normalized spacial score (nSPS) is 14.4. The molecule has 0 unspecified atom stereocenters. The molecule has 2 N–H and O–H groups in total. The minimum atomic E-state index is -4.02. The van der Waals surface area contributed by atoms with E-state index in [-0.39, 0.29) is 4.90 Å². The molecule has 21 heavy (non-hydrogen) atoms. The summed E-state index contributed by atoms with van der Waals surface area (Å²) in [7, 11) is -4.02. The quantitative estimate of drug-likeness (QED) is 0.596. The van der Waals surface area contributed by atoms with E-state index in [4.69, 9.17) is 9.66 Å². The molecule has 1 aliphatic rings. The van der Waals surface area contributed by atoms with E-state index in [1.54, 1.807) is 12.1 Å². The van der Waals surface area contributed by atoms with Gasteiger partial charge in [0, 0.05) is 6.61 Å². The molecule has 2 rings (SSSR count). The van der Waals surface area contributed by atoms with Crippen molar-refractivity contribution in [3.05, 3.63) is 29.8 Å². The molecular formula is C16H26O4S. The maximum atomic E-state index is 10.5. The lowest BCUT2D eigenvalue weighted by molar-refractivity contribution is 0.282. The van der Waals surface area contributed by atoms with Gasteiger partial charge in [-0.1, -0.05) is 56.2 Å². The van der Waals surface area contributed by atoms with Crippen molar-refractivity contribution in [3.63, 3.8) is 0 Å². The average molecular weight is 314 g/mol. The first kappa shape index (κ1) is 18.1. The second-order valence-corrected chi connectivity index (χ2v) is 7.08. The molecule has 4 nitrogen and oxygen atoms in total. The monoisotopic (exact) mass is 314 g/mol. The van der Waals surface area contributed by atoms with Gasteiger partial charge in [0.15, 0.2) is 0 Å². The molecule has 1 aromatic carbocycles. The number of aliphatic hydroxyl groups excluding tert-OH is 1. The second kappa shape index (κ2) is 9.18. The highest BCUT2D eigenvalue weighted by Gasteiger charge is 2.19. The van der Waals surface area contributed by atoms with Gasteiger partial charge >= 0.3 is 0 Å². The zero-order valence-electron chi connectivity index (χ0n) is 12.7. The summed E-state index contributed by atoms with van der Waals surface area (Å²) in [5.74, 6) is 1.09. The Morgan fingerprint density at radius 3 is 2.10 bits per heavy atom. The van der Waals surface area contributed by atoms with Crippen LogP contribution in [0, 0.1) is 12.8 Å². The Hall–Kier alpha value is -0.910. The Labute approximate surface area is 128 Å². The number of aliphatic hydroxyl groups is 1. The summed E-state index contributed by atoms with van der Waals surface area (Å²) in [4.78, 5) is -0.0666. The fraction of sp³-hybridized carbons (Fsp3) is 0.625. The second-order valence-electron chi connectivity index (χ2n) is 5.66. The number of aryl methyl sites for hydroxylation is 1. The van der Waals surface area contributed by atoms with Crippen molar-refractivity contribution >= 4 is 10.1 Å². The molecule has 0 aliphatic heterocycles. The van der Waals surface area contributed by atoms with Crippen LogP contribution in [-0.4, -0.2) is 24.7 Å². The Kier molecular flexibility index (Phi) is 7.93. The van der Waals surface area contributed by atoms with Crippen molar-refractivity contribution in [1.82, 2.24) is 0 Å². The first-order chi connectivity index (χ1) is 9.93. The highest BCUT2D eigenvalue weighted by Crippen LogP contribution is 2.34. The van der Waals surface area contributed by atoms with Gasteiger partial charge in [-0.3, -0.25) is 4.55 Å². The third-order valence-electron chi connectivity index (χ3n) is 3.54. The molecule has 0 heterocycles. The average Bonchev–Trinajstić information content (AvgIpc) is 3.23. The number of unbranched alkanes of at least 4 members (excludes halogenated alkanes) is 3. The highest BCUT2D eigenvalue weighted by molar-refractivity contribution is 7.85. The van der Waals surface area contributed by atoms with E-state index in [1.807, 2.05) is 6.92 Å². The van der Waals surface area contributed by atoms with E-state index in [9.17, 15) is 8.42 Å². The summed E-state index contributed by atoms with van der Waals surface area (Å²) in [6.45, 7) is 2.22. The molecule has 0 saturated heterocycles. The SMILES string of the molecule is Cc1ccc(S(=O)(=O)O)cc1.OCCCCCCC1CC1. The molecule has 1 saturated carbocycles. The van der Waals surface area contributed by atoms with Crippen molar-refractivity contribution in [1.29, 1.82) is 0 Å². The van der Waals surface area contributed by atoms with Crippen molar-refractivity contribution in [2.45, 2.75) is 56.8 Å². The number of benzene rings is 1. The minimum absolute atomic E-state index is 0.0666. The van der Waals surface area contributed by atoms with Gasteiger partial charge in [0.1, 0.15) is 0 Å². The summed E-state index contributed by atoms with van der Waals surface area (Å²) >= 11 is 0. The van der Waals surface area contributed by atoms with Gasteiger partial charge in [-0.15, -0.1) is 0 Å². The predicted molar refractivity (Wildman–Crippen MR) is 83.9 cm³/mol. The maximum Gasteiger partial charge on any atom is 0.294 e. The van der Waals surface area contributed by atoms with Gasteiger partial charge < -0.3 is 5.11 Å². The van der Waals surface area contributed by atoms with E-state index in [0.29, 0.717) is 6.61 Å². The molecule has 0 bridgehead atoms. The highest BCUT2D eigenvalue weighted by atomic mass is 32.2. The summed E-state index contributed by atoms with van der Waals surface area (Å²) < 4.78 is 29.6. The van der Waals surface area contributed by atoms with Gasteiger partial charge in [-0.2, -0.15) is 8.42 Å².